The van der Waals surface area contributed by atoms with Crippen LogP contribution in [0.3, 0.4) is 0 Å². The van der Waals surface area contributed by atoms with E-state index < -0.39 is 0 Å². The summed E-state index contributed by atoms with van der Waals surface area (Å²) in [5.41, 5.74) is 15.6. The monoisotopic (exact) mass is 419 g/mol. The predicted molar refractivity (Wildman–Crippen MR) is 109 cm³/mol. The lowest BCUT2D eigenvalue weighted by atomic mass is 10.1. The molecule has 26 heavy (non-hydrogen) atoms. The molecule has 1 atom stereocenters. The summed E-state index contributed by atoms with van der Waals surface area (Å²) < 4.78 is 8.64. The van der Waals surface area contributed by atoms with Gasteiger partial charge in [0.2, 0.25) is 0 Å². The Morgan fingerprint density at radius 1 is 1.27 bits per heavy atom. The third-order valence-electron chi connectivity index (χ3n) is 4.72. The molecule has 0 spiro atoms. The number of nitrogens with zero attached hydrogens (tertiary/aromatic N) is 3. The van der Waals surface area contributed by atoms with Crippen molar-refractivity contribution in [3.05, 3.63) is 46.2 Å². The van der Waals surface area contributed by atoms with Crippen LogP contribution in [0.5, 0.6) is 5.75 Å². The van der Waals surface area contributed by atoms with Crippen LogP contribution in [0.15, 0.2) is 39.9 Å². The van der Waals surface area contributed by atoms with Crippen molar-refractivity contribution in [3.8, 4) is 5.75 Å². The molecule has 1 unspecified atom stereocenters. The highest BCUT2D eigenvalue weighted by Gasteiger charge is 2.28. The van der Waals surface area contributed by atoms with Gasteiger partial charge in [0, 0.05) is 22.8 Å². The van der Waals surface area contributed by atoms with E-state index in [9.17, 15) is 0 Å². The lowest BCUT2D eigenvalue weighted by Gasteiger charge is -2.34. The van der Waals surface area contributed by atoms with Crippen molar-refractivity contribution >= 4 is 27.6 Å². The molecule has 6 nitrogen and oxygen atoms in total. The molecule has 0 fully saturated rings. The van der Waals surface area contributed by atoms with Gasteiger partial charge in [-0.3, -0.25) is 0 Å². The average Bonchev–Trinajstić information content (AvgIpc) is 3.02. The van der Waals surface area contributed by atoms with Crippen molar-refractivity contribution in [2.75, 3.05) is 13.7 Å². The molecule has 1 aromatic carbocycles. The second-order valence-electron chi connectivity index (χ2n) is 6.49. The highest BCUT2D eigenvalue weighted by molar-refractivity contribution is 9.10. The number of benzene rings is 1. The molecule has 1 aliphatic heterocycles. The zero-order chi connectivity index (χ0) is 18.7. The number of rotatable bonds is 7. The van der Waals surface area contributed by atoms with Crippen molar-refractivity contribution in [2.24, 2.45) is 16.5 Å². The Morgan fingerprint density at radius 2 is 2.08 bits per heavy atom. The highest BCUT2D eigenvalue weighted by atomic mass is 79.9. The lowest BCUT2D eigenvalue weighted by Crippen LogP contribution is -2.46. The van der Waals surface area contributed by atoms with Crippen molar-refractivity contribution in [1.82, 2.24) is 9.47 Å². The van der Waals surface area contributed by atoms with Crippen molar-refractivity contribution in [1.29, 1.82) is 0 Å². The maximum atomic E-state index is 6.56. The fourth-order valence-electron chi connectivity index (χ4n) is 3.32. The summed E-state index contributed by atoms with van der Waals surface area (Å²) in [4.78, 5) is 6.55. The molecule has 4 N–H and O–H groups in total. The van der Waals surface area contributed by atoms with E-state index in [1.165, 1.54) is 0 Å². The smallest absolute Gasteiger partial charge is 0.198 e. The van der Waals surface area contributed by atoms with Crippen LogP contribution < -0.4 is 16.2 Å². The van der Waals surface area contributed by atoms with E-state index in [1.807, 2.05) is 29.3 Å². The number of halogens is 1. The number of aromatic nitrogens is 1. The van der Waals surface area contributed by atoms with Gasteiger partial charge in [-0.15, -0.1) is 0 Å². The summed E-state index contributed by atoms with van der Waals surface area (Å²) in [6.45, 7) is 3.66. The molecule has 0 bridgehead atoms. The first-order valence-corrected chi connectivity index (χ1v) is 9.72. The molecule has 1 aliphatic rings. The molecule has 7 heteroatoms. The number of ether oxygens (including phenoxy) is 1. The molecule has 1 aromatic heterocycles. The predicted octanol–water partition coefficient (Wildman–Crippen LogP) is 3.72. The fourth-order valence-corrected chi connectivity index (χ4v) is 3.66. The van der Waals surface area contributed by atoms with Gasteiger partial charge in [0.15, 0.2) is 5.96 Å². The van der Waals surface area contributed by atoms with Gasteiger partial charge in [0.25, 0.3) is 0 Å². The molecular formula is C19H26BrN5O. The number of unbranched alkanes of at least 4 members (excludes halogenated alkanes) is 2. The number of hydrogen-bond acceptors (Lipinski definition) is 5. The number of hydrogen-bond donors (Lipinski definition) is 2. The molecule has 0 aliphatic carbocycles. The first kappa shape index (κ1) is 18.8. The number of nitrogens with two attached hydrogens (primary N) is 2. The average molecular weight is 420 g/mol. The lowest BCUT2D eigenvalue weighted by molar-refractivity contribution is 0.295. The Kier molecular flexibility index (Phi) is 5.88. The summed E-state index contributed by atoms with van der Waals surface area (Å²) in [7, 11) is 1.68. The Hall–Kier alpha value is -1.99. The van der Waals surface area contributed by atoms with Crippen LogP contribution >= 0.6 is 15.9 Å². The third-order valence-corrected chi connectivity index (χ3v) is 5.22. The summed E-state index contributed by atoms with van der Waals surface area (Å²) >= 11 is 3.48. The SMILES string of the molecule is CCCCCN1C(N)=Nc2ccn(Cc3ccc(Br)cc3OC)c2C1N. The number of fused-ring (bicyclic) bond motifs is 1. The van der Waals surface area contributed by atoms with Crippen LogP contribution in [-0.4, -0.2) is 29.1 Å². The van der Waals surface area contributed by atoms with Gasteiger partial charge < -0.3 is 25.7 Å². The Balaban J connectivity index is 1.88. The van der Waals surface area contributed by atoms with E-state index in [1.54, 1.807) is 7.11 Å². The van der Waals surface area contributed by atoms with Crippen molar-refractivity contribution in [3.63, 3.8) is 0 Å². The molecule has 0 saturated heterocycles. The largest absolute Gasteiger partial charge is 0.496 e. The topological polar surface area (TPSA) is 81.8 Å². The Bertz CT molecular complexity index is 801. The van der Waals surface area contributed by atoms with Crippen molar-refractivity contribution < 1.29 is 4.74 Å². The van der Waals surface area contributed by atoms with Gasteiger partial charge in [0.05, 0.1) is 25.0 Å². The quantitative estimate of drug-likeness (QED) is 0.669. The van der Waals surface area contributed by atoms with Crippen molar-refractivity contribution in [2.45, 2.75) is 38.9 Å². The zero-order valence-corrected chi connectivity index (χ0v) is 16.9. The molecule has 3 rings (SSSR count). The van der Waals surface area contributed by atoms with E-state index in [-0.39, 0.29) is 6.17 Å². The molecule has 2 heterocycles. The second-order valence-corrected chi connectivity index (χ2v) is 7.40. The highest BCUT2D eigenvalue weighted by Crippen LogP contribution is 2.34. The summed E-state index contributed by atoms with van der Waals surface area (Å²) in [5.74, 6) is 1.34. The molecule has 140 valence electrons. The Morgan fingerprint density at radius 3 is 2.81 bits per heavy atom. The van der Waals surface area contributed by atoms with E-state index in [4.69, 9.17) is 16.2 Å². The van der Waals surface area contributed by atoms with Gasteiger partial charge >= 0.3 is 0 Å². The molecule has 2 aromatic rings. The van der Waals surface area contributed by atoms with E-state index in [2.05, 4.69) is 38.5 Å². The normalized spacial score (nSPS) is 16.4. The third kappa shape index (κ3) is 3.73. The minimum absolute atomic E-state index is 0.296. The van der Waals surface area contributed by atoms with Gasteiger partial charge in [-0.25, -0.2) is 4.99 Å². The summed E-state index contributed by atoms with van der Waals surface area (Å²) in [6, 6.07) is 8.01. The molecule has 0 saturated carbocycles. The fraction of sp³-hybridized carbons (Fsp3) is 0.421. The number of aliphatic imine (C=N–C) groups is 1. The maximum absolute atomic E-state index is 6.56. The molecule has 0 amide bonds. The van der Waals surface area contributed by atoms with Gasteiger partial charge in [-0.1, -0.05) is 41.8 Å². The minimum Gasteiger partial charge on any atom is -0.496 e. The summed E-state index contributed by atoms with van der Waals surface area (Å²) in [5, 5.41) is 0. The number of guanidine groups is 1. The van der Waals surface area contributed by atoms with Gasteiger partial charge in [0.1, 0.15) is 11.9 Å². The molecule has 0 radical (unpaired) electrons. The standard InChI is InChI=1S/C19H26BrN5O/c1-3-4-5-9-25-18(21)17-15(23-19(25)22)8-10-24(17)12-13-6-7-14(20)11-16(13)26-2/h6-8,10-11,18H,3-5,9,12,21H2,1-2H3,(H2,22,23). The molecular weight excluding hydrogens is 394 g/mol. The first-order valence-electron chi connectivity index (χ1n) is 8.93. The van der Waals surface area contributed by atoms with Crippen LogP contribution in [0.1, 0.15) is 43.6 Å². The van der Waals surface area contributed by atoms with E-state index >= 15 is 0 Å². The van der Waals surface area contributed by atoms with Crippen LogP contribution in [-0.2, 0) is 6.54 Å². The van der Waals surface area contributed by atoms with E-state index in [0.717, 1.165) is 53.0 Å². The first-order chi connectivity index (χ1) is 12.5. The van der Waals surface area contributed by atoms with Crippen LogP contribution in [0.2, 0.25) is 0 Å². The van der Waals surface area contributed by atoms with E-state index in [0.29, 0.717) is 12.5 Å². The van der Waals surface area contributed by atoms with Crippen LogP contribution in [0.4, 0.5) is 5.69 Å². The van der Waals surface area contributed by atoms with Gasteiger partial charge in [-0.2, -0.15) is 0 Å². The van der Waals surface area contributed by atoms with Gasteiger partial charge in [-0.05, 0) is 24.6 Å². The minimum atomic E-state index is -0.296. The summed E-state index contributed by atoms with van der Waals surface area (Å²) in [6.07, 6.45) is 5.08. The maximum Gasteiger partial charge on any atom is 0.198 e. The van der Waals surface area contributed by atoms with Crippen LogP contribution in [0.25, 0.3) is 0 Å². The van der Waals surface area contributed by atoms with Crippen LogP contribution in [0, 0.1) is 0 Å². The number of methoxy groups -OCH3 is 1. The second kappa shape index (κ2) is 8.14. The Labute approximate surface area is 163 Å². The zero-order valence-electron chi connectivity index (χ0n) is 15.3.